The van der Waals surface area contributed by atoms with Gasteiger partial charge >= 0.3 is 0 Å². The Hall–Kier alpha value is -4.43. The highest BCUT2D eigenvalue weighted by Crippen LogP contribution is 2.37. The Labute approximate surface area is 204 Å². The van der Waals surface area contributed by atoms with Crippen molar-refractivity contribution >= 4 is 45.0 Å². The Morgan fingerprint density at radius 3 is 2.57 bits per heavy atom. The van der Waals surface area contributed by atoms with Crippen LogP contribution in [-0.4, -0.2) is 35.2 Å². The van der Waals surface area contributed by atoms with Gasteiger partial charge in [-0.3, -0.25) is 4.79 Å². The number of carbonyl (C=O) groups is 1. The summed E-state index contributed by atoms with van der Waals surface area (Å²) in [6.45, 7) is 0. The van der Waals surface area contributed by atoms with Crippen LogP contribution in [0.4, 0.5) is 5.69 Å². The lowest BCUT2D eigenvalue weighted by molar-refractivity contribution is 0.0996. The van der Waals surface area contributed by atoms with Crippen molar-refractivity contribution in [1.82, 2.24) is 9.97 Å². The van der Waals surface area contributed by atoms with Gasteiger partial charge in [-0.05, 0) is 48.5 Å². The molecule has 0 unspecified atom stereocenters. The lowest BCUT2D eigenvalue weighted by Crippen LogP contribution is -1.99. The number of rotatable bonds is 5. The highest BCUT2D eigenvalue weighted by Gasteiger charge is 2.17. The maximum Gasteiger partial charge on any atom is 0.296 e. The van der Waals surface area contributed by atoms with E-state index in [0.29, 0.717) is 49.6 Å². The Bertz CT molecular complexity index is 1630. The van der Waals surface area contributed by atoms with Crippen LogP contribution >= 0.6 is 11.6 Å². The summed E-state index contributed by atoms with van der Waals surface area (Å²) >= 11 is 6.08. The second kappa shape index (κ2) is 9.08. The minimum absolute atomic E-state index is 0.134. The SMILES string of the molecule is COc1ccc(-c2cc(C(=O)N=Nc3c(O)[nH]c4ccc(Cl)cc34)c3ccccc3n2)cc1OC. The number of nitrogens with one attached hydrogen (secondary N) is 1. The van der Waals surface area contributed by atoms with E-state index in [1.807, 2.05) is 24.3 Å². The zero-order chi connectivity index (χ0) is 24.5. The van der Waals surface area contributed by atoms with Crippen molar-refractivity contribution in [2.45, 2.75) is 0 Å². The normalized spacial score (nSPS) is 11.4. The fourth-order valence-electron chi connectivity index (χ4n) is 3.88. The molecule has 174 valence electrons. The molecular formula is C26H19ClN4O4. The van der Waals surface area contributed by atoms with E-state index < -0.39 is 5.91 Å². The number of para-hydroxylation sites is 1. The molecule has 3 aromatic carbocycles. The van der Waals surface area contributed by atoms with E-state index in [1.165, 1.54) is 0 Å². The van der Waals surface area contributed by atoms with Gasteiger partial charge in [0.1, 0.15) is 0 Å². The molecule has 5 rings (SSSR count). The molecule has 2 aromatic heterocycles. The zero-order valence-electron chi connectivity index (χ0n) is 18.7. The van der Waals surface area contributed by atoms with Gasteiger partial charge in [0.05, 0.1) is 36.5 Å². The second-order valence-corrected chi connectivity index (χ2v) is 8.10. The largest absolute Gasteiger partial charge is 0.493 e. The molecule has 0 aliphatic heterocycles. The zero-order valence-corrected chi connectivity index (χ0v) is 19.5. The number of carbonyl (C=O) groups excluding carboxylic acids is 1. The molecule has 0 fully saturated rings. The van der Waals surface area contributed by atoms with E-state index in [2.05, 4.69) is 15.2 Å². The van der Waals surface area contributed by atoms with Crippen LogP contribution in [0.25, 0.3) is 33.1 Å². The van der Waals surface area contributed by atoms with Crippen LogP contribution in [-0.2, 0) is 0 Å². The van der Waals surface area contributed by atoms with E-state index >= 15 is 0 Å². The number of H-pyrrole nitrogens is 1. The first-order valence-corrected chi connectivity index (χ1v) is 10.9. The number of amides is 1. The van der Waals surface area contributed by atoms with Crippen molar-refractivity contribution in [1.29, 1.82) is 0 Å². The number of aromatic hydroxyl groups is 1. The topological polar surface area (TPSA) is 109 Å². The van der Waals surface area contributed by atoms with Crippen molar-refractivity contribution in [2.75, 3.05) is 14.2 Å². The maximum atomic E-state index is 13.2. The fraction of sp³-hybridized carbons (Fsp3) is 0.0769. The molecule has 5 aromatic rings. The molecule has 0 bridgehead atoms. The Morgan fingerprint density at radius 1 is 0.971 bits per heavy atom. The van der Waals surface area contributed by atoms with Gasteiger partial charge in [-0.2, -0.15) is 0 Å². The van der Waals surface area contributed by atoms with E-state index in [0.717, 1.165) is 5.56 Å². The second-order valence-electron chi connectivity index (χ2n) is 7.66. The minimum Gasteiger partial charge on any atom is -0.493 e. The van der Waals surface area contributed by atoms with Crippen LogP contribution in [0.15, 0.2) is 77.0 Å². The number of azo groups is 1. The summed E-state index contributed by atoms with van der Waals surface area (Å²) < 4.78 is 10.7. The van der Waals surface area contributed by atoms with E-state index in [-0.39, 0.29) is 11.6 Å². The van der Waals surface area contributed by atoms with Crippen molar-refractivity contribution in [3.8, 4) is 28.6 Å². The molecule has 1 amide bonds. The quantitative estimate of drug-likeness (QED) is 0.269. The standard InChI is InChI=1S/C26H19ClN4O4/c1-34-22-10-7-14(11-23(22)35-2)21-13-17(16-5-3-4-6-19(16)28-21)25(32)31-30-24-18-12-15(27)8-9-20(18)29-26(24)33/h3-13,29,33H,1-2H3. The highest BCUT2D eigenvalue weighted by atomic mass is 35.5. The lowest BCUT2D eigenvalue weighted by Gasteiger charge is -2.11. The van der Waals surface area contributed by atoms with Crippen LogP contribution < -0.4 is 9.47 Å². The van der Waals surface area contributed by atoms with Crippen molar-refractivity contribution in [2.24, 2.45) is 10.2 Å². The molecule has 0 saturated carbocycles. The molecule has 0 aliphatic carbocycles. The third-order valence-corrected chi connectivity index (χ3v) is 5.82. The van der Waals surface area contributed by atoms with Gasteiger partial charge in [0.15, 0.2) is 17.2 Å². The van der Waals surface area contributed by atoms with Crippen LogP contribution in [0.1, 0.15) is 10.4 Å². The summed E-state index contributed by atoms with van der Waals surface area (Å²) in [5.74, 6) is 0.340. The number of nitrogens with zero attached hydrogens (tertiary/aromatic N) is 3. The summed E-state index contributed by atoms with van der Waals surface area (Å²) in [6.07, 6.45) is 0. The van der Waals surface area contributed by atoms with Crippen LogP contribution in [0.2, 0.25) is 5.02 Å². The van der Waals surface area contributed by atoms with Gasteiger partial charge in [0.2, 0.25) is 5.88 Å². The summed E-state index contributed by atoms with van der Waals surface area (Å²) in [6, 6.07) is 19.4. The molecule has 2 N–H and O–H groups in total. The maximum absolute atomic E-state index is 13.2. The number of benzene rings is 3. The molecule has 8 nitrogen and oxygen atoms in total. The summed E-state index contributed by atoms with van der Waals surface area (Å²) in [4.78, 5) is 20.7. The molecule has 2 heterocycles. The molecule has 0 atom stereocenters. The van der Waals surface area contributed by atoms with Crippen LogP contribution in [0, 0.1) is 0 Å². The van der Waals surface area contributed by atoms with E-state index in [1.54, 1.807) is 56.7 Å². The summed E-state index contributed by atoms with van der Waals surface area (Å²) in [5.41, 5.74) is 3.00. The number of hydrogen-bond donors (Lipinski definition) is 2. The molecule has 0 saturated heterocycles. The van der Waals surface area contributed by atoms with Crippen molar-refractivity contribution in [3.05, 3.63) is 77.3 Å². The molecule has 0 radical (unpaired) electrons. The number of hydrogen-bond acceptors (Lipinski definition) is 6. The number of halogens is 1. The smallest absolute Gasteiger partial charge is 0.296 e. The van der Waals surface area contributed by atoms with Gasteiger partial charge in [-0.15, -0.1) is 10.2 Å². The minimum atomic E-state index is -0.582. The number of aromatic amines is 1. The van der Waals surface area contributed by atoms with Crippen LogP contribution in [0.5, 0.6) is 17.4 Å². The number of ether oxygens (including phenoxy) is 2. The van der Waals surface area contributed by atoms with Gasteiger partial charge in [0.25, 0.3) is 5.91 Å². The number of pyridine rings is 1. The third kappa shape index (κ3) is 4.15. The number of aromatic nitrogens is 2. The predicted molar refractivity (Wildman–Crippen MR) is 134 cm³/mol. The molecule has 9 heteroatoms. The van der Waals surface area contributed by atoms with Crippen molar-refractivity contribution < 1.29 is 19.4 Å². The van der Waals surface area contributed by atoms with Gasteiger partial charge in [-0.25, -0.2) is 4.98 Å². The number of fused-ring (bicyclic) bond motifs is 2. The predicted octanol–water partition coefficient (Wildman–Crippen LogP) is 6.68. The Morgan fingerprint density at radius 2 is 1.77 bits per heavy atom. The molecule has 0 aliphatic rings. The monoisotopic (exact) mass is 486 g/mol. The third-order valence-electron chi connectivity index (χ3n) is 5.58. The fourth-order valence-corrected chi connectivity index (χ4v) is 4.05. The summed E-state index contributed by atoms with van der Waals surface area (Å²) in [7, 11) is 3.12. The van der Waals surface area contributed by atoms with Crippen molar-refractivity contribution in [3.63, 3.8) is 0 Å². The molecule has 0 spiro atoms. The Balaban J connectivity index is 1.60. The van der Waals surface area contributed by atoms with E-state index in [4.69, 9.17) is 26.1 Å². The average molecular weight is 487 g/mol. The van der Waals surface area contributed by atoms with E-state index in [9.17, 15) is 9.90 Å². The van der Waals surface area contributed by atoms with Crippen LogP contribution in [0.3, 0.4) is 0 Å². The lowest BCUT2D eigenvalue weighted by atomic mass is 10.0. The van der Waals surface area contributed by atoms with Gasteiger partial charge < -0.3 is 19.6 Å². The van der Waals surface area contributed by atoms with Gasteiger partial charge in [0, 0.05) is 21.4 Å². The average Bonchev–Trinajstić information content (AvgIpc) is 3.19. The number of methoxy groups -OCH3 is 2. The first kappa shape index (κ1) is 22.4. The highest BCUT2D eigenvalue weighted by molar-refractivity contribution is 6.31. The molecule has 35 heavy (non-hydrogen) atoms. The summed E-state index contributed by atoms with van der Waals surface area (Å²) in [5, 5.41) is 19.9. The first-order chi connectivity index (χ1) is 17.0. The van der Waals surface area contributed by atoms with Gasteiger partial charge in [-0.1, -0.05) is 29.8 Å². The Kier molecular flexibility index (Phi) is 5.80. The molecular weight excluding hydrogens is 468 g/mol. The first-order valence-electron chi connectivity index (χ1n) is 10.6.